The smallest absolute Gasteiger partial charge is 0.410 e. The van der Waals surface area contributed by atoms with E-state index in [-0.39, 0.29) is 6.09 Å². The number of amides is 1. The summed E-state index contributed by atoms with van der Waals surface area (Å²) in [4.78, 5) is 26.9. The van der Waals surface area contributed by atoms with Crippen molar-refractivity contribution in [1.29, 1.82) is 0 Å². The van der Waals surface area contributed by atoms with Crippen LogP contribution >= 0.6 is 0 Å². The Bertz CT molecular complexity index is 1170. The van der Waals surface area contributed by atoms with Crippen molar-refractivity contribution in [3.8, 4) is 11.4 Å². The van der Waals surface area contributed by atoms with Crippen LogP contribution in [0.2, 0.25) is 0 Å². The van der Waals surface area contributed by atoms with E-state index in [1.165, 1.54) is 0 Å². The number of carbonyl (C=O) groups excluding carboxylic acids is 1. The first kappa shape index (κ1) is 27.5. The van der Waals surface area contributed by atoms with Gasteiger partial charge in [0, 0.05) is 52.4 Å². The van der Waals surface area contributed by atoms with E-state index in [4.69, 9.17) is 19.0 Å². The van der Waals surface area contributed by atoms with Gasteiger partial charge in [-0.05, 0) is 57.9 Å². The van der Waals surface area contributed by atoms with Gasteiger partial charge in [0.15, 0.2) is 5.84 Å². The maximum atomic E-state index is 12.6. The fourth-order valence-electron chi connectivity index (χ4n) is 4.71. The predicted molar refractivity (Wildman–Crippen MR) is 145 cm³/mol. The number of piperidine rings is 1. The highest BCUT2D eigenvalue weighted by molar-refractivity contribution is 5.97. The Hall–Kier alpha value is -3.53. The molecule has 2 aliphatic heterocycles. The monoisotopic (exact) mass is 525 g/mol. The number of carbonyl (C=O) groups is 1. The van der Waals surface area contributed by atoms with E-state index in [9.17, 15) is 4.79 Å². The molecule has 0 radical (unpaired) electrons. The van der Waals surface area contributed by atoms with Crippen LogP contribution in [0.3, 0.4) is 0 Å². The fourth-order valence-corrected chi connectivity index (χ4v) is 4.71. The highest BCUT2D eigenvalue weighted by Crippen LogP contribution is 2.36. The van der Waals surface area contributed by atoms with Gasteiger partial charge in [0.1, 0.15) is 11.4 Å². The van der Waals surface area contributed by atoms with Gasteiger partial charge in [-0.25, -0.2) is 9.78 Å². The van der Waals surface area contributed by atoms with Crippen LogP contribution in [0.25, 0.3) is 11.8 Å². The lowest BCUT2D eigenvalue weighted by Crippen LogP contribution is -2.56. The first-order chi connectivity index (χ1) is 18.1. The van der Waals surface area contributed by atoms with Gasteiger partial charge in [0.25, 0.3) is 0 Å². The lowest BCUT2D eigenvalue weighted by atomic mass is 9.98. The number of rotatable bonds is 8. The van der Waals surface area contributed by atoms with E-state index in [0.29, 0.717) is 32.5 Å². The normalized spacial score (nSPS) is 17.2. The largest absolute Gasteiger partial charge is 0.495 e. The summed E-state index contributed by atoms with van der Waals surface area (Å²) >= 11 is 0. The van der Waals surface area contributed by atoms with E-state index < -0.39 is 11.3 Å². The number of nitrogens with zero attached hydrogens (tertiary/aromatic N) is 5. The maximum absolute atomic E-state index is 12.6. The summed E-state index contributed by atoms with van der Waals surface area (Å²) in [5.41, 5.74) is 1.72. The Labute approximate surface area is 224 Å². The zero-order valence-electron chi connectivity index (χ0n) is 23.3. The first-order valence-corrected chi connectivity index (χ1v) is 13.0. The highest BCUT2D eigenvalue weighted by atomic mass is 16.7. The highest BCUT2D eigenvalue weighted by Gasteiger charge is 2.48. The second-order valence-electron chi connectivity index (χ2n) is 10.6. The predicted octanol–water partition coefficient (Wildman–Crippen LogP) is 4.61. The maximum Gasteiger partial charge on any atom is 0.410 e. The minimum atomic E-state index is -0.591. The second-order valence-corrected chi connectivity index (χ2v) is 10.6. The van der Waals surface area contributed by atoms with E-state index >= 15 is 0 Å². The van der Waals surface area contributed by atoms with E-state index in [2.05, 4.69) is 15.0 Å². The third kappa shape index (κ3) is 6.30. The number of hydrogen-bond donors (Lipinski definition) is 0. The van der Waals surface area contributed by atoms with Crippen molar-refractivity contribution in [3.05, 3.63) is 48.1 Å². The van der Waals surface area contributed by atoms with Crippen molar-refractivity contribution in [1.82, 2.24) is 19.4 Å². The summed E-state index contributed by atoms with van der Waals surface area (Å²) in [7, 11) is 3.36. The van der Waals surface area contributed by atoms with Crippen LogP contribution in [0.15, 0.2) is 42.0 Å². The molecule has 0 unspecified atom stereocenters. The van der Waals surface area contributed by atoms with E-state index in [1.807, 2.05) is 68.8 Å². The zero-order valence-corrected chi connectivity index (χ0v) is 23.3. The molecular formula is C28H39N5O5. The molecule has 0 N–H and O–H groups in total. The van der Waals surface area contributed by atoms with Gasteiger partial charge in [-0.2, -0.15) is 0 Å². The van der Waals surface area contributed by atoms with Crippen LogP contribution in [-0.4, -0.2) is 83.1 Å². The van der Waals surface area contributed by atoms with Gasteiger partial charge >= 0.3 is 6.09 Å². The Balaban J connectivity index is 1.48. The quantitative estimate of drug-likeness (QED) is 0.465. The molecule has 0 aliphatic carbocycles. The van der Waals surface area contributed by atoms with Crippen LogP contribution in [0, 0.1) is 6.92 Å². The Morgan fingerprint density at radius 3 is 2.58 bits per heavy atom. The molecule has 2 aliphatic rings. The van der Waals surface area contributed by atoms with Gasteiger partial charge < -0.3 is 33.4 Å². The van der Waals surface area contributed by atoms with Gasteiger partial charge in [-0.3, -0.25) is 0 Å². The second kappa shape index (κ2) is 11.5. The number of likely N-dealkylation sites (tertiary alicyclic amines) is 1. The first-order valence-electron chi connectivity index (χ1n) is 13.0. The summed E-state index contributed by atoms with van der Waals surface area (Å²) in [5, 5.41) is 4.46. The average molecular weight is 526 g/mol. The molecule has 1 spiro atoms. The van der Waals surface area contributed by atoms with Gasteiger partial charge in [0.2, 0.25) is 5.72 Å². The van der Waals surface area contributed by atoms with E-state index in [0.717, 1.165) is 41.5 Å². The molecule has 0 saturated carbocycles. The number of methoxy groups -OCH3 is 2. The number of ether oxygens (including phenoxy) is 3. The molecule has 2 aromatic rings. The van der Waals surface area contributed by atoms with Crippen LogP contribution in [0.4, 0.5) is 4.79 Å². The molecule has 1 saturated heterocycles. The Morgan fingerprint density at radius 2 is 1.95 bits per heavy atom. The number of aryl methyl sites for hydroxylation is 1. The van der Waals surface area contributed by atoms with Crippen molar-refractivity contribution < 1.29 is 23.8 Å². The zero-order chi connectivity index (χ0) is 27.3. The summed E-state index contributed by atoms with van der Waals surface area (Å²) < 4.78 is 18.5. The van der Waals surface area contributed by atoms with Crippen LogP contribution < -0.4 is 4.74 Å². The standard InChI is InChI=1S/C28H39N5O5/c1-21-19-32(20-29-21)23-10-8-22(18-24(23)36-6)9-11-25-30-38-28(33(25)14-7-17-35-5)12-15-31(16-13-28)26(34)37-27(2,3)4/h8-11,18-20H,7,12-17H2,1-6H3. The molecular weight excluding hydrogens is 486 g/mol. The number of amidine groups is 1. The van der Waals surface area contributed by atoms with Crippen molar-refractivity contribution in [2.45, 2.75) is 58.3 Å². The molecule has 1 amide bonds. The fraction of sp³-hybridized carbons (Fsp3) is 0.536. The molecule has 38 heavy (non-hydrogen) atoms. The van der Waals surface area contributed by atoms with Crippen LogP contribution in [0.1, 0.15) is 51.3 Å². The molecule has 1 fully saturated rings. The lowest BCUT2D eigenvalue weighted by Gasteiger charge is -2.43. The third-order valence-electron chi connectivity index (χ3n) is 6.62. The number of aromatic nitrogens is 2. The Kier molecular flexibility index (Phi) is 8.30. The number of oxime groups is 1. The molecule has 0 bridgehead atoms. The topological polar surface area (TPSA) is 90.6 Å². The van der Waals surface area contributed by atoms with Crippen molar-refractivity contribution in [2.24, 2.45) is 5.16 Å². The molecule has 10 heteroatoms. The molecule has 1 aromatic heterocycles. The van der Waals surface area contributed by atoms with Gasteiger partial charge in [-0.15, -0.1) is 0 Å². The van der Waals surface area contributed by atoms with Gasteiger partial charge in [0.05, 0.1) is 24.8 Å². The Morgan fingerprint density at radius 1 is 1.18 bits per heavy atom. The van der Waals surface area contributed by atoms with Crippen molar-refractivity contribution in [3.63, 3.8) is 0 Å². The SMILES string of the molecule is COCCCN1C(C=Cc2ccc(-n3cnc(C)c3)c(OC)c2)=NOC12CCN(C(=O)OC(C)(C)C)CC2. The van der Waals surface area contributed by atoms with Crippen molar-refractivity contribution >= 4 is 18.0 Å². The molecule has 10 nitrogen and oxygen atoms in total. The lowest BCUT2D eigenvalue weighted by molar-refractivity contribution is -0.132. The third-order valence-corrected chi connectivity index (χ3v) is 6.62. The number of hydrogen-bond acceptors (Lipinski definition) is 8. The molecule has 1 aromatic carbocycles. The minimum Gasteiger partial charge on any atom is -0.495 e. The van der Waals surface area contributed by atoms with Gasteiger partial charge in [-0.1, -0.05) is 17.3 Å². The van der Waals surface area contributed by atoms with Crippen LogP contribution in [0.5, 0.6) is 5.75 Å². The summed E-state index contributed by atoms with van der Waals surface area (Å²) in [6.07, 6.45) is 9.52. The molecule has 0 atom stereocenters. The minimum absolute atomic E-state index is 0.291. The van der Waals surface area contributed by atoms with Crippen molar-refractivity contribution in [2.75, 3.05) is 40.5 Å². The number of benzene rings is 1. The summed E-state index contributed by atoms with van der Waals surface area (Å²) in [5.74, 6) is 1.50. The number of imidazole rings is 1. The average Bonchev–Trinajstić information content (AvgIpc) is 3.45. The molecule has 206 valence electrons. The molecule has 3 heterocycles. The van der Waals surface area contributed by atoms with E-state index in [1.54, 1.807) is 25.4 Å². The summed E-state index contributed by atoms with van der Waals surface area (Å²) in [6.45, 7) is 10.0. The van der Waals surface area contributed by atoms with Crippen LogP contribution in [-0.2, 0) is 14.3 Å². The molecule has 4 rings (SSSR count). The summed E-state index contributed by atoms with van der Waals surface area (Å²) in [6, 6.07) is 6.03.